The fraction of sp³-hybridized carbons (Fsp3) is 0.200. The summed E-state index contributed by atoms with van der Waals surface area (Å²) in [5.74, 6) is -0.389. The quantitative estimate of drug-likeness (QED) is 0.879. The molecule has 1 nitrogen and oxygen atoms in total. The average Bonchev–Trinajstić information content (AvgIpc) is 2.35. The van der Waals surface area contributed by atoms with Crippen molar-refractivity contribution in [3.63, 3.8) is 0 Å². The molecule has 0 spiro atoms. The number of benzene rings is 2. The standard InChI is InChI=1S/C15H15ClFN/c1-10-4-3-5-11(8-10)15(18-2)12-6-7-14(17)13(16)9-12/h3-9,15,18H,1-2H3. The number of nitrogens with one attached hydrogen (secondary N) is 1. The van der Waals surface area contributed by atoms with Crippen LogP contribution in [0.15, 0.2) is 42.5 Å². The van der Waals surface area contributed by atoms with E-state index >= 15 is 0 Å². The van der Waals surface area contributed by atoms with E-state index in [1.807, 2.05) is 32.2 Å². The zero-order valence-corrected chi connectivity index (χ0v) is 11.1. The smallest absolute Gasteiger partial charge is 0.141 e. The first-order valence-electron chi connectivity index (χ1n) is 5.80. The summed E-state index contributed by atoms with van der Waals surface area (Å²) in [5.41, 5.74) is 3.29. The van der Waals surface area contributed by atoms with Gasteiger partial charge in [0.05, 0.1) is 11.1 Å². The third-order valence-corrected chi connectivity index (χ3v) is 3.23. The van der Waals surface area contributed by atoms with Gasteiger partial charge in [-0.2, -0.15) is 0 Å². The second-order valence-electron chi connectivity index (χ2n) is 4.31. The van der Waals surface area contributed by atoms with Gasteiger partial charge in [0, 0.05) is 0 Å². The molecule has 0 amide bonds. The van der Waals surface area contributed by atoms with Crippen molar-refractivity contribution in [3.8, 4) is 0 Å². The zero-order valence-electron chi connectivity index (χ0n) is 10.4. The van der Waals surface area contributed by atoms with Crippen LogP contribution in [-0.2, 0) is 0 Å². The molecule has 2 aromatic rings. The summed E-state index contributed by atoms with van der Waals surface area (Å²) >= 11 is 5.83. The van der Waals surface area contributed by atoms with Crippen LogP contribution in [0.2, 0.25) is 5.02 Å². The lowest BCUT2D eigenvalue weighted by Crippen LogP contribution is -2.17. The number of aryl methyl sites for hydroxylation is 1. The Bertz CT molecular complexity index is 554. The van der Waals surface area contributed by atoms with Crippen LogP contribution in [0.25, 0.3) is 0 Å². The molecule has 0 aliphatic rings. The maximum absolute atomic E-state index is 13.2. The number of rotatable bonds is 3. The number of halogens is 2. The molecular weight excluding hydrogens is 249 g/mol. The first-order valence-corrected chi connectivity index (χ1v) is 6.18. The van der Waals surface area contributed by atoms with E-state index in [9.17, 15) is 4.39 Å². The molecule has 0 aliphatic carbocycles. The van der Waals surface area contributed by atoms with Gasteiger partial charge in [0.25, 0.3) is 0 Å². The molecule has 0 aromatic heterocycles. The second-order valence-corrected chi connectivity index (χ2v) is 4.72. The molecule has 1 unspecified atom stereocenters. The monoisotopic (exact) mass is 263 g/mol. The molecular formula is C15H15ClFN. The van der Waals surface area contributed by atoms with Crippen molar-refractivity contribution in [2.75, 3.05) is 7.05 Å². The van der Waals surface area contributed by atoms with Gasteiger partial charge in [0.1, 0.15) is 5.82 Å². The van der Waals surface area contributed by atoms with Gasteiger partial charge in [-0.25, -0.2) is 4.39 Å². The van der Waals surface area contributed by atoms with Crippen LogP contribution in [0.3, 0.4) is 0 Å². The van der Waals surface area contributed by atoms with E-state index < -0.39 is 0 Å². The first kappa shape index (κ1) is 13.1. The van der Waals surface area contributed by atoms with Crippen LogP contribution < -0.4 is 5.32 Å². The Kier molecular flexibility index (Phi) is 4.00. The normalized spacial score (nSPS) is 12.4. The lowest BCUT2D eigenvalue weighted by Gasteiger charge is -2.18. The molecule has 0 saturated carbocycles. The molecule has 2 rings (SSSR count). The minimum absolute atomic E-state index is 0.0167. The highest BCUT2D eigenvalue weighted by molar-refractivity contribution is 6.30. The largest absolute Gasteiger partial charge is 0.309 e. The Balaban J connectivity index is 2.42. The van der Waals surface area contributed by atoms with Crippen molar-refractivity contribution >= 4 is 11.6 Å². The van der Waals surface area contributed by atoms with Crippen molar-refractivity contribution in [2.45, 2.75) is 13.0 Å². The van der Waals surface area contributed by atoms with E-state index in [1.54, 1.807) is 12.1 Å². The molecule has 2 aromatic carbocycles. The fourth-order valence-electron chi connectivity index (χ4n) is 2.07. The zero-order chi connectivity index (χ0) is 13.1. The number of hydrogen-bond acceptors (Lipinski definition) is 1. The highest BCUT2D eigenvalue weighted by Gasteiger charge is 2.13. The maximum Gasteiger partial charge on any atom is 0.141 e. The summed E-state index contributed by atoms with van der Waals surface area (Å²) in [5, 5.41) is 3.38. The molecule has 0 fully saturated rings. The van der Waals surface area contributed by atoms with Crippen LogP contribution >= 0.6 is 11.6 Å². The van der Waals surface area contributed by atoms with Crippen molar-refractivity contribution < 1.29 is 4.39 Å². The van der Waals surface area contributed by atoms with Crippen molar-refractivity contribution in [1.82, 2.24) is 5.32 Å². The van der Waals surface area contributed by atoms with Crippen LogP contribution in [0.4, 0.5) is 4.39 Å². The van der Waals surface area contributed by atoms with Gasteiger partial charge in [-0.1, -0.05) is 47.5 Å². The number of hydrogen-bond donors (Lipinski definition) is 1. The Hall–Kier alpha value is -1.38. The summed E-state index contributed by atoms with van der Waals surface area (Å²) in [4.78, 5) is 0. The molecule has 0 heterocycles. The van der Waals surface area contributed by atoms with E-state index in [4.69, 9.17) is 11.6 Å². The fourth-order valence-corrected chi connectivity index (χ4v) is 2.26. The van der Waals surface area contributed by atoms with E-state index in [1.165, 1.54) is 11.6 Å². The lowest BCUT2D eigenvalue weighted by atomic mass is 9.97. The summed E-state index contributed by atoms with van der Waals surface area (Å²) in [6.45, 7) is 2.05. The predicted octanol–water partition coefficient (Wildman–Crippen LogP) is 4.10. The molecule has 0 radical (unpaired) electrons. The van der Waals surface area contributed by atoms with Gasteiger partial charge < -0.3 is 5.32 Å². The van der Waals surface area contributed by atoms with Gasteiger partial charge in [0.15, 0.2) is 0 Å². The van der Waals surface area contributed by atoms with Gasteiger partial charge in [-0.05, 0) is 37.2 Å². The third-order valence-electron chi connectivity index (χ3n) is 2.94. The average molecular weight is 264 g/mol. The van der Waals surface area contributed by atoms with Crippen molar-refractivity contribution in [2.24, 2.45) is 0 Å². The Morgan fingerprint density at radius 3 is 2.44 bits per heavy atom. The van der Waals surface area contributed by atoms with Crippen LogP contribution in [0.1, 0.15) is 22.7 Å². The van der Waals surface area contributed by atoms with E-state index in [-0.39, 0.29) is 16.9 Å². The predicted molar refractivity (Wildman–Crippen MR) is 73.5 cm³/mol. The van der Waals surface area contributed by atoms with E-state index in [0.29, 0.717) is 0 Å². The minimum Gasteiger partial charge on any atom is -0.309 e. The molecule has 3 heteroatoms. The molecule has 0 bridgehead atoms. The van der Waals surface area contributed by atoms with E-state index in [0.717, 1.165) is 11.1 Å². The molecule has 0 saturated heterocycles. The second kappa shape index (κ2) is 5.51. The van der Waals surface area contributed by atoms with Crippen molar-refractivity contribution in [1.29, 1.82) is 0 Å². The Morgan fingerprint density at radius 2 is 1.83 bits per heavy atom. The highest BCUT2D eigenvalue weighted by Crippen LogP contribution is 2.26. The lowest BCUT2D eigenvalue weighted by molar-refractivity contribution is 0.624. The highest BCUT2D eigenvalue weighted by atomic mass is 35.5. The summed E-state index contributed by atoms with van der Waals surface area (Å²) in [6, 6.07) is 13.1. The topological polar surface area (TPSA) is 12.0 Å². The van der Waals surface area contributed by atoms with Gasteiger partial charge in [-0.3, -0.25) is 0 Å². The summed E-state index contributed by atoms with van der Waals surface area (Å²) < 4.78 is 13.2. The summed E-state index contributed by atoms with van der Waals surface area (Å²) in [6.07, 6.45) is 0. The molecule has 1 atom stereocenters. The van der Waals surface area contributed by atoms with Crippen LogP contribution in [0.5, 0.6) is 0 Å². The minimum atomic E-state index is -0.389. The van der Waals surface area contributed by atoms with Crippen LogP contribution in [-0.4, -0.2) is 7.05 Å². The Labute approximate surface area is 112 Å². The third kappa shape index (κ3) is 2.71. The van der Waals surface area contributed by atoms with Crippen LogP contribution in [0, 0.1) is 12.7 Å². The van der Waals surface area contributed by atoms with Gasteiger partial charge in [-0.15, -0.1) is 0 Å². The van der Waals surface area contributed by atoms with Gasteiger partial charge >= 0.3 is 0 Å². The molecule has 1 N–H and O–H groups in total. The molecule has 18 heavy (non-hydrogen) atoms. The van der Waals surface area contributed by atoms with E-state index in [2.05, 4.69) is 11.4 Å². The Morgan fingerprint density at radius 1 is 1.11 bits per heavy atom. The SMILES string of the molecule is CNC(c1cccc(C)c1)c1ccc(F)c(Cl)c1. The van der Waals surface area contributed by atoms with Gasteiger partial charge in [0.2, 0.25) is 0 Å². The first-order chi connectivity index (χ1) is 8.61. The van der Waals surface area contributed by atoms with Crippen molar-refractivity contribution in [3.05, 3.63) is 70.0 Å². The molecule has 0 aliphatic heterocycles. The summed E-state index contributed by atoms with van der Waals surface area (Å²) in [7, 11) is 1.88. The molecule has 94 valence electrons. The maximum atomic E-state index is 13.2.